The zero-order valence-electron chi connectivity index (χ0n) is 12.6. The molecule has 1 aromatic heterocycles. The number of aromatic nitrogens is 1. The van der Waals surface area contributed by atoms with Crippen LogP contribution in [0.1, 0.15) is 4.88 Å². The first-order chi connectivity index (χ1) is 11.0. The van der Waals surface area contributed by atoms with Gasteiger partial charge in [0.1, 0.15) is 0 Å². The summed E-state index contributed by atoms with van der Waals surface area (Å²) >= 11 is 1.12. The minimum Gasteiger partial charge on any atom is -0.480 e. The first-order valence-corrected chi connectivity index (χ1v) is 7.96. The molecule has 3 aromatic rings. The van der Waals surface area contributed by atoms with Crippen LogP contribution in [0.3, 0.4) is 0 Å². The molecular formula is C17H16N2O3S. The van der Waals surface area contributed by atoms with Gasteiger partial charge in [-0.3, -0.25) is 14.5 Å². The van der Waals surface area contributed by atoms with Gasteiger partial charge in [-0.15, -0.1) is 0 Å². The standard InChI is InChI=1S/C17H16N2O3S/c1-19(10-15(20)21)9-14-16(18-17(22)23-14)13-7-6-11-4-2-3-5-12(11)8-13/h2-8H,9-10H2,1H3,(H,18,22)(H,20,21). The van der Waals surface area contributed by atoms with Crippen molar-refractivity contribution in [1.29, 1.82) is 0 Å². The van der Waals surface area contributed by atoms with Crippen LogP contribution in [0.25, 0.3) is 22.0 Å². The largest absolute Gasteiger partial charge is 0.480 e. The monoisotopic (exact) mass is 328 g/mol. The van der Waals surface area contributed by atoms with E-state index in [1.165, 1.54) is 0 Å². The van der Waals surface area contributed by atoms with E-state index >= 15 is 0 Å². The molecule has 0 saturated heterocycles. The zero-order chi connectivity index (χ0) is 16.4. The van der Waals surface area contributed by atoms with Crippen molar-refractivity contribution < 1.29 is 9.90 Å². The predicted octanol–water partition coefficient (Wildman–Crippen LogP) is 2.77. The van der Waals surface area contributed by atoms with E-state index in [0.29, 0.717) is 6.54 Å². The van der Waals surface area contributed by atoms with Gasteiger partial charge in [0.05, 0.1) is 12.2 Å². The van der Waals surface area contributed by atoms with Crippen LogP contribution in [0.15, 0.2) is 47.3 Å². The smallest absolute Gasteiger partial charge is 0.317 e. The number of rotatable bonds is 5. The van der Waals surface area contributed by atoms with Crippen molar-refractivity contribution in [2.45, 2.75) is 6.54 Å². The van der Waals surface area contributed by atoms with Crippen LogP contribution in [0.4, 0.5) is 0 Å². The molecule has 6 heteroatoms. The molecule has 1 heterocycles. The molecule has 23 heavy (non-hydrogen) atoms. The van der Waals surface area contributed by atoms with E-state index in [2.05, 4.69) is 4.98 Å². The quantitative estimate of drug-likeness (QED) is 0.755. The van der Waals surface area contributed by atoms with Crippen molar-refractivity contribution in [3.63, 3.8) is 0 Å². The molecule has 0 atom stereocenters. The number of likely N-dealkylation sites (N-methyl/N-ethyl adjacent to an activating group) is 1. The number of carbonyl (C=O) groups is 1. The molecule has 0 amide bonds. The summed E-state index contributed by atoms with van der Waals surface area (Å²) in [5.41, 5.74) is 1.70. The average Bonchev–Trinajstić information content (AvgIpc) is 2.86. The third-order valence-electron chi connectivity index (χ3n) is 3.58. The highest BCUT2D eigenvalue weighted by Gasteiger charge is 2.14. The van der Waals surface area contributed by atoms with Crippen molar-refractivity contribution in [3.05, 3.63) is 57.0 Å². The highest BCUT2D eigenvalue weighted by atomic mass is 32.1. The second-order valence-electron chi connectivity index (χ2n) is 5.44. The molecule has 2 aromatic carbocycles. The Morgan fingerprint density at radius 3 is 2.70 bits per heavy atom. The first-order valence-electron chi connectivity index (χ1n) is 7.14. The number of H-pyrrole nitrogens is 1. The van der Waals surface area contributed by atoms with Crippen LogP contribution >= 0.6 is 11.3 Å². The fraction of sp³-hybridized carbons (Fsp3) is 0.176. The molecule has 118 valence electrons. The molecule has 0 unspecified atom stereocenters. The van der Waals surface area contributed by atoms with Crippen LogP contribution in [-0.2, 0) is 11.3 Å². The Labute approximate surface area is 136 Å². The highest BCUT2D eigenvalue weighted by molar-refractivity contribution is 7.09. The van der Waals surface area contributed by atoms with Gasteiger partial charge in [-0.05, 0) is 29.4 Å². The summed E-state index contributed by atoms with van der Waals surface area (Å²) in [6.45, 7) is 0.348. The summed E-state index contributed by atoms with van der Waals surface area (Å²) in [4.78, 5) is 27.8. The first kappa shape index (κ1) is 15.5. The number of nitrogens with zero attached hydrogens (tertiary/aromatic N) is 1. The maximum atomic E-state index is 11.8. The number of aliphatic carboxylic acids is 1. The summed E-state index contributed by atoms with van der Waals surface area (Å²) < 4.78 is 0. The average molecular weight is 328 g/mol. The summed E-state index contributed by atoms with van der Waals surface area (Å²) in [6, 6.07) is 14.1. The Kier molecular flexibility index (Phi) is 4.27. The summed E-state index contributed by atoms with van der Waals surface area (Å²) in [5, 5.41) is 11.1. The molecule has 0 fully saturated rings. The van der Waals surface area contributed by atoms with Crippen molar-refractivity contribution in [1.82, 2.24) is 9.88 Å². The number of aromatic amines is 1. The molecule has 2 N–H and O–H groups in total. The van der Waals surface area contributed by atoms with E-state index in [4.69, 9.17) is 5.11 Å². The fourth-order valence-electron chi connectivity index (χ4n) is 2.58. The lowest BCUT2D eigenvalue weighted by Gasteiger charge is -2.13. The van der Waals surface area contributed by atoms with Crippen LogP contribution in [0.2, 0.25) is 0 Å². The number of hydrogen-bond acceptors (Lipinski definition) is 4. The maximum Gasteiger partial charge on any atom is 0.317 e. The summed E-state index contributed by atoms with van der Waals surface area (Å²) in [5.74, 6) is -0.886. The number of benzene rings is 2. The van der Waals surface area contributed by atoms with Crippen LogP contribution < -0.4 is 4.87 Å². The molecule has 0 aliphatic carbocycles. The molecule has 0 radical (unpaired) electrons. The number of fused-ring (bicyclic) bond motifs is 1. The van der Waals surface area contributed by atoms with Gasteiger partial charge in [0, 0.05) is 11.4 Å². The lowest BCUT2D eigenvalue weighted by molar-refractivity contribution is -0.138. The second-order valence-corrected chi connectivity index (χ2v) is 6.51. The third-order valence-corrected chi connectivity index (χ3v) is 4.45. The van der Waals surface area contributed by atoms with Crippen molar-refractivity contribution in [3.8, 4) is 11.3 Å². The van der Waals surface area contributed by atoms with Gasteiger partial charge >= 0.3 is 10.8 Å². The lowest BCUT2D eigenvalue weighted by atomic mass is 10.0. The van der Waals surface area contributed by atoms with Crippen molar-refractivity contribution in [2.75, 3.05) is 13.6 Å². The van der Waals surface area contributed by atoms with Gasteiger partial charge in [-0.1, -0.05) is 47.7 Å². The SMILES string of the molecule is CN(CC(=O)O)Cc1sc(=O)[nH]c1-c1ccc2ccccc2c1. The van der Waals surface area contributed by atoms with Crippen LogP contribution in [0.5, 0.6) is 0 Å². The lowest BCUT2D eigenvalue weighted by Crippen LogP contribution is -2.24. The summed E-state index contributed by atoms with van der Waals surface area (Å²) in [7, 11) is 1.72. The molecule has 0 spiro atoms. The van der Waals surface area contributed by atoms with E-state index in [1.807, 2.05) is 42.5 Å². The Balaban J connectivity index is 1.98. The second kappa shape index (κ2) is 6.36. The van der Waals surface area contributed by atoms with E-state index in [0.717, 1.165) is 38.2 Å². The molecule has 0 bridgehead atoms. The zero-order valence-corrected chi connectivity index (χ0v) is 13.4. The van der Waals surface area contributed by atoms with Gasteiger partial charge in [0.2, 0.25) is 0 Å². The van der Waals surface area contributed by atoms with E-state index in [-0.39, 0.29) is 11.4 Å². The van der Waals surface area contributed by atoms with Crippen LogP contribution in [-0.4, -0.2) is 34.6 Å². The Morgan fingerprint density at radius 1 is 1.22 bits per heavy atom. The minimum atomic E-state index is -0.886. The molecule has 5 nitrogen and oxygen atoms in total. The normalized spacial score (nSPS) is 11.2. The fourth-order valence-corrected chi connectivity index (χ4v) is 3.51. The number of nitrogens with one attached hydrogen (secondary N) is 1. The Bertz CT molecular complexity index is 913. The van der Waals surface area contributed by atoms with Gasteiger partial charge in [-0.25, -0.2) is 0 Å². The Morgan fingerprint density at radius 2 is 1.96 bits per heavy atom. The Hall–Kier alpha value is -2.44. The molecule has 3 rings (SSSR count). The van der Waals surface area contributed by atoms with E-state index in [9.17, 15) is 9.59 Å². The molecule has 0 saturated carbocycles. The number of carboxylic acids is 1. The third kappa shape index (κ3) is 3.49. The van der Waals surface area contributed by atoms with Crippen molar-refractivity contribution in [2.24, 2.45) is 0 Å². The minimum absolute atomic E-state index is 0.0662. The summed E-state index contributed by atoms with van der Waals surface area (Å²) in [6.07, 6.45) is 0. The molecule has 0 aliphatic rings. The van der Waals surface area contributed by atoms with Gasteiger partial charge in [0.15, 0.2) is 0 Å². The number of thiazole rings is 1. The van der Waals surface area contributed by atoms with E-state index in [1.54, 1.807) is 11.9 Å². The van der Waals surface area contributed by atoms with Gasteiger partial charge in [0.25, 0.3) is 0 Å². The number of carboxylic acid groups (broad SMARTS) is 1. The highest BCUT2D eigenvalue weighted by Crippen LogP contribution is 2.27. The maximum absolute atomic E-state index is 11.8. The van der Waals surface area contributed by atoms with Gasteiger partial charge < -0.3 is 10.1 Å². The van der Waals surface area contributed by atoms with Gasteiger partial charge in [-0.2, -0.15) is 0 Å². The van der Waals surface area contributed by atoms with Crippen LogP contribution in [0, 0.1) is 0 Å². The molecule has 0 aliphatic heterocycles. The van der Waals surface area contributed by atoms with Crippen molar-refractivity contribution >= 4 is 28.1 Å². The van der Waals surface area contributed by atoms with E-state index < -0.39 is 5.97 Å². The topological polar surface area (TPSA) is 73.4 Å². The molecular weight excluding hydrogens is 312 g/mol. The predicted molar refractivity (Wildman–Crippen MR) is 91.9 cm³/mol. The number of hydrogen-bond donors (Lipinski definition) is 2.